The SMILES string of the molecule is CCC(N)(CC)CNC(=O)c1sc(-c2cccs2)nc1C.Cl.Cl. The first kappa shape index (κ1) is 22.3. The van der Waals surface area contributed by atoms with E-state index in [2.05, 4.69) is 10.3 Å². The van der Waals surface area contributed by atoms with Crippen LogP contribution in [0.25, 0.3) is 9.88 Å². The number of nitrogens with one attached hydrogen (secondary N) is 1. The number of amides is 1. The summed E-state index contributed by atoms with van der Waals surface area (Å²) in [4.78, 5) is 18.6. The van der Waals surface area contributed by atoms with Gasteiger partial charge >= 0.3 is 0 Å². The van der Waals surface area contributed by atoms with E-state index in [4.69, 9.17) is 5.73 Å². The molecule has 0 saturated carbocycles. The number of carbonyl (C=O) groups excluding carboxylic acids is 1. The molecule has 8 heteroatoms. The highest BCUT2D eigenvalue weighted by Crippen LogP contribution is 2.31. The minimum atomic E-state index is -0.329. The highest BCUT2D eigenvalue weighted by atomic mass is 35.5. The highest BCUT2D eigenvalue weighted by Gasteiger charge is 2.23. The van der Waals surface area contributed by atoms with Crippen molar-refractivity contribution in [2.75, 3.05) is 6.54 Å². The van der Waals surface area contributed by atoms with Gasteiger partial charge in [-0.1, -0.05) is 19.9 Å². The summed E-state index contributed by atoms with van der Waals surface area (Å²) >= 11 is 3.07. The topological polar surface area (TPSA) is 68.0 Å². The zero-order valence-corrected chi connectivity index (χ0v) is 16.7. The highest BCUT2D eigenvalue weighted by molar-refractivity contribution is 7.22. The van der Waals surface area contributed by atoms with Gasteiger partial charge in [-0.3, -0.25) is 4.79 Å². The minimum Gasteiger partial charge on any atom is -0.349 e. The quantitative estimate of drug-likeness (QED) is 0.766. The molecule has 2 heterocycles. The Labute approximate surface area is 157 Å². The van der Waals surface area contributed by atoms with Gasteiger partial charge in [0, 0.05) is 12.1 Å². The molecule has 3 N–H and O–H groups in total. The Morgan fingerprint density at radius 1 is 1.35 bits per heavy atom. The summed E-state index contributed by atoms with van der Waals surface area (Å²) in [6.45, 7) is 6.45. The summed E-state index contributed by atoms with van der Waals surface area (Å²) < 4.78 is 0. The molecule has 0 unspecified atom stereocenters. The lowest BCUT2D eigenvalue weighted by molar-refractivity contribution is 0.0945. The van der Waals surface area contributed by atoms with Crippen LogP contribution in [0.1, 0.15) is 42.1 Å². The van der Waals surface area contributed by atoms with Gasteiger partial charge in [0.05, 0.1) is 10.6 Å². The molecule has 0 bridgehead atoms. The number of aromatic nitrogens is 1. The maximum atomic E-state index is 12.3. The fraction of sp³-hybridized carbons (Fsp3) is 0.467. The largest absolute Gasteiger partial charge is 0.349 e. The molecular formula is C15H23Cl2N3OS2. The molecule has 23 heavy (non-hydrogen) atoms. The van der Waals surface area contributed by atoms with Crippen molar-refractivity contribution in [1.82, 2.24) is 10.3 Å². The van der Waals surface area contributed by atoms with Gasteiger partial charge in [0.2, 0.25) is 0 Å². The van der Waals surface area contributed by atoms with Crippen molar-refractivity contribution in [3.05, 3.63) is 28.1 Å². The smallest absolute Gasteiger partial charge is 0.263 e. The van der Waals surface area contributed by atoms with Gasteiger partial charge in [-0.2, -0.15) is 0 Å². The van der Waals surface area contributed by atoms with E-state index in [1.54, 1.807) is 11.3 Å². The van der Waals surface area contributed by atoms with Gasteiger partial charge in [0.1, 0.15) is 9.88 Å². The summed E-state index contributed by atoms with van der Waals surface area (Å²) in [5.74, 6) is -0.0791. The fourth-order valence-corrected chi connectivity index (χ4v) is 3.73. The van der Waals surface area contributed by atoms with Crippen molar-refractivity contribution in [3.8, 4) is 9.88 Å². The molecule has 0 atom stereocenters. The first-order chi connectivity index (χ1) is 9.99. The van der Waals surface area contributed by atoms with Crippen molar-refractivity contribution in [2.45, 2.75) is 39.2 Å². The maximum absolute atomic E-state index is 12.3. The second-order valence-corrected chi connectivity index (χ2v) is 7.11. The zero-order valence-electron chi connectivity index (χ0n) is 13.4. The summed E-state index contributed by atoms with van der Waals surface area (Å²) in [6, 6.07) is 4.01. The van der Waals surface area contributed by atoms with Gasteiger partial charge in [-0.05, 0) is 31.2 Å². The van der Waals surface area contributed by atoms with Crippen molar-refractivity contribution in [1.29, 1.82) is 0 Å². The predicted octanol–water partition coefficient (Wildman–Crippen LogP) is 4.27. The summed E-state index contributed by atoms with van der Waals surface area (Å²) in [5.41, 5.74) is 6.66. The lowest BCUT2D eigenvalue weighted by atomic mass is 9.94. The van der Waals surface area contributed by atoms with Gasteiger partial charge in [0.25, 0.3) is 5.91 Å². The Morgan fingerprint density at radius 2 is 2.00 bits per heavy atom. The number of halogens is 2. The Morgan fingerprint density at radius 3 is 2.52 bits per heavy atom. The van der Waals surface area contributed by atoms with Crippen LogP contribution in [0.3, 0.4) is 0 Å². The normalized spacial score (nSPS) is 10.6. The first-order valence-electron chi connectivity index (χ1n) is 7.07. The number of rotatable bonds is 6. The predicted molar refractivity (Wildman–Crippen MR) is 104 cm³/mol. The standard InChI is InChI=1S/C15H21N3OS2.2ClH/c1-4-15(16,5-2)9-17-13(19)12-10(3)18-14(21-12)11-7-6-8-20-11;;/h6-8H,4-5,9,16H2,1-3H3,(H,17,19);2*1H. The number of hydrogen-bond acceptors (Lipinski definition) is 5. The summed E-state index contributed by atoms with van der Waals surface area (Å²) in [7, 11) is 0. The van der Waals surface area contributed by atoms with Gasteiger partial charge < -0.3 is 11.1 Å². The summed E-state index contributed by atoms with van der Waals surface area (Å²) in [6.07, 6.45) is 1.68. The monoisotopic (exact) mass is 395 g/mol. The van der Waals surface area contributed by atoms with E-state index in [0.29, 0.717) is 11.4 Å². The molecule has 0 fully saturated rings. The molecular weight excluding hydrogens is 373 g/mol. The number of aryl methyl sites for hydroxylation is 1. The van der Waals surface area contributed by atoms with Crippen LogP contribution in [0.2, 0.25) is 0 Å². The molecule has 1 amide bonds. The average Bonchev–Trinajstić information content (AvgIpc) is 3.13. The second kappa shape index (κ2) is 9.59. The van der Waals surface area contributed by atoms with Crippen LogP contribution < -0.4 is 11.1 Å². The number of nitrogens with two attached hydrogens (primary N) is 1. The van der Waals surface area contributed by atoms with E-state index in [1.807, 2.05) is 38.3 Å². The maximum Gasteiger partial charge on any atom is 0.263 e. The van der Waals surface area contributed by atoms with Gasteiger partial charge in [-0.15, -0.1) is 47.5 Å². The van der Waals surface area contributed by atoms with Gasteiger partial charge in [0.15, 0.2) is 0 Å². The molecule has 2 rings (SSSR count). The third kappa shape index (κ3) is 5.43. The van der Waals surface area contributed by atoms with Crippen molar-refractivity contribution in [3.63, 3.8) is 0 Å². The lowest BCUT2D eigenvalue weighted by Crippen LogP contribution is -2.49. The van der Waals surface area contributed by atoms with Crippen molar-refractivity contribution in [2.24, 2.45) is 5.73 Å². The minimum absolute atomic E-state index is 0. The Bertz CT molecular complexity index is 610. The van der Waals surface area contributed by atoms with Crippen LogP contribution in [-0.2, 0) is 0 Å². The Kier molecular flexibility index (Phi) is 9.32. The fourth-order valence-electron chi connectivity index (χ4n) is 1.95. The molecule has 0 aliphatic rings. The molecule has 0 radical (unpaired) electrons. The number of thiazole rings is 1. The molecule has 0 saturated heterocycles. The second-order valence-electron chi connectivity index (χ2n) is 5.16. The molecule has 130 valence electrons. The van der Waals surface area contributed by atoms with E-state index in [-0.39, 0.29) is 36.3 Å². The molecule has 2 aromatic rings. The molecule has 4 nitrogen and oxygen atoms in total. The Balaban J connectivity index is 0.00000242. The van der Waals surface area contributed by atoms with Crippen molar-refractivity contribution < 1.29 is 4.79 Å². The lowest BCUT2D eigenvalue weighted by Gasteiger charge is -2.26. The molecule has 0 aromatic carbocycles. The van der Waals surface area contributed by atoms with E-state index in [0.717, 1.165) is 28.4 Å². The van der Waals surface area contributed by atoms with E-state index in [1.165, 1.54) is 11.3 Å². The zero-order chi connectivity index (χ0) is 15.5. The van der Waals surface area contributed by atoms with Crippen molar-refractivity contribution >= 4 is 53.4 Å². The average molecular weight is 396 g/mol. The van der Waals surface area contributed by atoms with Gasteiger partial charge in [-0.25, -0.2) is 4.98 Å². The van der Waals surface area contributed by atoms with E-state index in [9.17, 15) is 4.79 Å². The molecule has 0 aliphatic heterocycles. The van der Waals surface area contributed by atoms with Crippen LogP contribution >= 0.6 is 47.5 Å². The molecule has 0 aliphatic carbocycles. The first-order valence-corrected chi connectivity index (χ1v) is 8.77. The number of nitrogens with zero attached hydrogens (tertiary/aromatic N) is 1. The van der Waals surface area contributed by atoms with Crippen LogP contribution in [-0.4, -0.2) is 23.0 Å². The molecule has 2 aromatic heterocycles. The van der Waals surface area contributed by atoms with Crippen LogP contribution in [0.4, 0.5) is 0 Å². The van der Waals surface area contributed by atoms with Crippen LogP contribution in [0.15, 0.2) is 17.5 Å². The van der Waals surface area contributed by atoms with Crippen LogP contribution in [0, 0.1) is 6.92 Å². The third-order valence-corrected chi connectivity index (χ3v) is 5.94. The van der Waals surface area contributed by atoms with E-state index < -0.39 is 0 Å². The van der Waals surface area contributed by atoms with E-state index >= 15 is 0 Å². The number of thiophene rings is 1. The third-order valence-electron chi connectivity index (χ3n) is 3.74. The Hall–Kier alpha value is -0.660. The summed E-state index contributed by atoms with van der Waals surface area (Å²) in [5, 5.41) is 5.86. The van der Waals surface area contributed by atoms with Crippen LogP contribution in [0.5, 0.6) is 0 Å². The number of carbonyl (C=O) groups is 1. The molecule has 0 spiro atoms. The number of hydrogen-bond donors (Lipinski definition) is 2.